The van der Waals surface area contributed by atoms with E-state index >= 15 is 0 Å². The Kier molecular flexibility index (Phi) is 7.57. The van der Waals surface area contributed by atoms with Crippen LogP contribution >= 0.6 is 11.6 Å². The van der Waals surface area contributed by atoms with Crippen LogP contribution in [0.1, 0.15) is 17.0 Å². The molecule has 0 aliphatic carbocycles. The maximum atomic E-state index is 13.4. The van der Waals surface area contributed by atoms with Crippen molar-refractivity contribution in [3.05, 3.63) is 113 Å². The second-order valence-corrected chi connectivity index (χ2v) is 10.4. The number of amides is 1. The molecule has 0 aliphatic heterocycles. The molecule has 1 amide bonds. The number of sulfonamides is 1. The Morgan fingerprint density at radius 3 is 2.31 bits per heavy atom. The molecule has 36 heavy (non-hydrogen) atoms. The summed E-state index contributed by atoms with van der Waals surface area (Å²) in [7, 11) is -4.02. The Balaban J connectivity index is 1.54. The van der Waals surface area contributed by atoms with Crippen LogP contribution in [0, 0.1) is 13.8 Å². The molecule has 0 saturated heterocycles. The molecule has 0 unspecified atom stereocenters. The highest BCUT2D eigenvalue weighted by Crippen LogP contribution is 2.26. The van der Waals surface area contributed by atoms with E-state index in [1.165, 1.54) is 18.2 Å². The van der Waals surface area contributed by atoms with Crippen molar-refractivity contribution >= 4 is 39.4 Å². The normalized spacial score (nSPS) is 11.5. The Morgan fingerprint density at radius 1 is 0.972 bits per heavy atom. The minimum atomic E-state index is -4.02. The van der Waals surface area contributed by atoms with Crippen molar-refractivity contribution < 1.29 is 13.2 Å². The summed E-state index contributed by atoms with van der Waals surface area (Å²) in [5.74, 6) is -0.595. The van der Waals surface area contributed by atoms with Crippen LogP contribution in [0.5, 0.6) is 0 Å². The van der Waals surface area contributed by atoms with Gasteiger partial charge >= 0.3 is 0 Å². The van der Waals surface area contributed by atoms with Crippen LogP contribution in [-0.4, -0.2) is 31.7 Å². The number of anilines is 1. The third kappa shape index (κ3) is 5.50. The lowest BCUT2D eigenvalue weighted by Crippen LogP contribution is -2.39. The molecule has 0 spiro atoms. The summed E-state index contributed by atoms with van der Waals surface area (Å²) in [6.45, 7) is 3.49. The van der Waals surface area contributed by atoms with Gasteiger partial charge in [0.05, 0.1) is 16.8 Å². The molecule has 0 fully saturated rings. The second kappa shape index (κ2) is 10.8. The third-order valence-electron chi connectivity index (χ3n) is 5.59. The zero-order chi connectivity index (χ0) is 25.7. The number of carbonyl (C=O) groups is 1. The fraction of sp³-hybridized carbons (Fsp3) is 0.111. The lowest BCUT2D eigenvalue weighted by Gasteiger charge is -2.23. The first-order valence-electron chi connectivity index (χ1n) is 11.2. The molecular weight excluding hydrogens is 496 g/mol. The third-order valence-corrected chi connectivity index (χ3v) is 7.62. The van der Waals surface area contributed by atoms with Gasteiger partial charge in [-0.3, -0.25) is 9.10 Å². The van der Waals surface area contributed by atoms with E-state index in [0.29, 0.717) is 5.02 Å². The van der Waals surface area contributed by atoms with Crippen molar-refractivity contribution in [2.45, 2.75) is 18.7 Å². The van der Waals surface area contributed by atoms with Crippen LogP contribution in [0.15, 0.2) is 101 Å². The summed E-state index contributed by atoms with van der Waals surface area (Å²) in [6, 6.07) is 26.2. The number of hydrogen-bond acceptors (Lipinski definition) is 4. The van der Waals surface area contributed by atoms with Gasteiger partial charge in [0.2, 0.25) is 0 Å². The number of halogens is 1. The van der Waals surface area contributed by atoms with Crippen molar-refractivity contribution in [1.29, 1.82) is 0 Å². The van der Waals surface area contributed by atoms with Crippen LogP contribution in [0.3, 0.4) is 0 Å². The minimum Gasteiger partial charge on any atom is -0.318 e. The molecule has 4 aromatic rings. The van der Waals surface area contributed by atoms with Gasteiger partial charge < -0.3 is 4.57 Å². The summed E-state index contributed by atoms with van der Waals surface area (Å²) in [5.41, 5.74) is 6.57. The van der Waals surface area contributed by atoms with Gasteiger partial charge in [-0.25, -0.2) is 13.8 Å². The minimum absolute atomic E-state index is 0.0645. The highest BCUT2D eigenvalue weighted by molar-refractivity contribution is 7.92. The number of nitrogens with one attached hydrogen (secondary N) is 1. The number of nitrogens with zero attached hydrogens (tertiary/aromatic N) is 3. The molecule has 1 N–H and O–H groups in total. The van der Waals surface area contributed by atoms with Crippen LogP contribution in [0.2, 0.25) is 5.02 Å². The van der Waals surface area contributed by atoms with Gasteiger partial charge in [-0.05, 0) is 62.4 Å². The number of hydrazone groups is 1. The second-order valence-electron chi connectivity index (χ2n) is 8.10. The zero-order valence-electron chi connectivity index (χ0n) is 19.8. The first kappa shape index (κ1) is 25.2. The average molecular weight is 521 g/mol. The summed E-state index contributed by atoms with van der Waals surface area (Å²) in [4.78, 5) is 12.9. The van der Waals surface area contributed by atoms with E-state index in [4.69, 9.17) is 11.6 Å². The molecule has 4 rings (SSSR count). The van der Waals surface area contributed by atoms with Crippen LogP contribution in [0.25, 0.3) is 5.69 Å². The molecule has 0 radical (unpaired) electrons. The fourth-order valence-corrected chi connectivity index (χ4v) is 5.52. The van der Waals surface area contributed by atoms with Gasteiger partial charge in [0.15, 0.2) is 0 Å². The Morgan fingerprint density at radius 2 is 1.64 bits per heavy atom. The van der Waals surface area contributed by atoms with Gasteiger partial charge in [0.25, 0.3) is 15.9 Å². The maximum Gasteiger partial charge on any atom is 0.264 e. The number of aryl methyl sites for hydroxylation is 1. The van der Waals surface area contributed by atoms with Crippen molar-refractivity contribution in [1.82, 2.24) is 9.99 Å². The van der Waals surface area contributed by atoms with Gasteiger partial charge in [-0.1, -0.05) is 54.1 Å². The smallest absolute Gasteiger partial charge is 0.264 e. The first-order chi connectivity index (χ1) is 17.3. The van der Waals surface area contributed by atoms with Crippen LogP contribution in [-0.2, 0) is 14.8 Å². The summed E-state index contributed by atoms with van der Waals surface area (Å²) >= 11 is 6.10. The molecule has 1 heterocycles. The summed E-state index contributed by atoms with van der Waals surface area (Å²) in [6.07, 6.45) is 1.55. The molecule has 3 aromatic carbocycles. The Bertz CT molecular complexity index is 1500. The molecule has 184 valence electrons. The van der Waals surface area contributed by atoms with Crippen LogP contribution < -0.4 is 9.73 Å². The molecule has 0 saturated carbocycles. The number of rotatable bonds is 8. The number of aromatic nitrogens is 1. The monoisotopic (exact) mass is 520 g/mol. The lowest BCUT2D eigenvalue weighted by atomic mass is 10.2. The first-order valence-corrected chi connectivity index (χ1v) is 13.0. The largest absolute Gasteiger partial charge is 0.318 e. The van der Waals surface area contributed by atoms with Gasteiger partial charge in [0, 0.05) is 27.7 Å². The number of benzene rings is 3. The van der Waals surface area contributed by atoms with E-state index in [9.17, 15) is 13.2 Å². The SMILES string of the molecule is Cc1cc(/C=N\NC(=O)CN(c2cccc(Cl)c2)S(=O)(=O)c2ccccc2)c(C)n1-c1ccccc1. The van der Waals surface area contributed by atoms with Crippen LogP contribution in [0.4, 0.5) is 5.69 Å². The zero-order valence-corrected chi connectivity index (χ0v) is 21.4. The van der Waals surface area contributed by atoms with Gasteiger partial charge in [-0.15, -0.1) is 0 Å². The van der Waals surface area contributed by atoms with Crippen molar-refractivity contribution in [2.75, 3.05) is 10.8 Å². The highest BCUT2D eigenvalue weighted by Gasteiger charge is 2.27. The fourth-order valence-electron chi connectivity index (χ4n) is 3.90. The summed E-state index contributed by atoms with van der Waals surface area (Å²) < 4.78 is 29.8. The predicted octanol–water partition coefficient (Wildman–Crippen LogP) is 5.09. The van der Waals surface area contributed by atoms with E-state index < -0.39 is 22.5 Å². The van der Waals surface area contributed by atoms with E-state index in [0.717, 1.165) is 26.9 Å². The van der Waals surface area contributed by atoms with Crippen molar-refractivity contribution in [3.63, 3.8) is 0 Å². The van der Waals surface area contributed by atoms with Crippen molar-refractivity contribution in [3.8, 4) is 5.69 Å². The van der Waals surface area contributed by atoms with Gasteiger partial charge in [0.1, 0.15) is 6.54 Å². The molecular formula is C27H25ClN4O3S. The highest BCUT2D eigenvalue weighted by atomic mass is 35.5. The van der Waals surface area contributed by atoms with E-state index in [1.54, 1.807) is 42.6 Å². The Labute approximate surface area is 215 Å². The number of hydrogen-bond donors (Lipinski definition) is 1. The standard InChI is InChI=1S/C27H25ClN4O3S/c1-20-16-22(21(2)32(20)24-11-5-3-6-12-24)18-29-30-27(33)19-31(25-13-9-10-23(28)17-25)36(34,35)26-14-7-4-8-15-26/h3-18H,19H2,1-2H3,(H,30,33)/b29-18-. The average Bonchev–Trinajstić information content (AvgIpc) is 3.16. The molecule has 0 bridgehead atoms. The van der Waals surface area contributed by atoms with E-state index in [1.807, 2.05) is 50.2 Å². The number of carbonyl (C=O) groups excluding carboxylic acids is 1. The Hall–Kier alpha value is -3.88. The van der Waals surface area contributed by atoms with Crippen molar-refractivity contribution in [2.24, 2.45) is 5.10 Å². The molecule has 9 heteroatoms. The lowest BCUT2D eigenvalue weighted by molar-refractivity contribution is -0.119. The quantitative estimate of drug-likeness (QED) is 0.259. The molecule has 1 aromatic heterocycles. The molecule has 7 nitrogen and oxygen atoms in total. The number of para-hydroxylation sites is 1. The summed E-state index contributed by atoms with van der Waals surface area (Å²) in [5, 5.41) is 4.44. The molecule has 0 aliphatic rings. The van der Waals surface area contributed by atoms with Gasteiger partial charge in [-0.2, -0.15) is 5.10 Å². The topological polar surface area (TPSA) is 83.8 Å². The van der Waals surface area contributed by atoms with E-state index in [-0.39, 0.29) is 10.6 Å². The predicted molar refractivity (Wildman–Crippen MR) is 143 cm³/mol. The maximum absolute atomic E-state index is 13.4. The molecule has 0 atom stereocenters. The van der Waals surface area contributed by atoms with E-state index in [2.05, 4.69) is 15.1 Å².